The Balaban J connectivity index is 4.49. The van der Waals surface area contributed by atoms with E-state index in [9.17, 15) is 19.4 Å². The molecule has 1 amide bonds. The van der Waals surface area contributed by atoms with Gasteiger partial charge in [-0.05, 0) is 70.6 Å². The number of nitrogens with one attached hydrogen (secondary N) is 1. The first-order valence-electron chi connectivity index (χ1n) is 24.5. The molecule has 3 atom stereocenters. The smallest absolute Gasteiger partial charge is 0.387 e. The molecule has 0 spiro atoms. The average molecular weight is 874 g/mol. The van der Waals surface area contributed by atoms with E-state index in [0.717, 1.165) is 57.8 Å². The number of hydrogen-bond donors (Lipinski definition) is 3. The Morgan fingerprint density at radius 1 is 0.574 bits per heavy atom. The number of carbonyl (C=O) groups is 1. The van der Waals surface area contributed by atoms with Crippen molar-refractivity contribution >= 4 is 13.7 Å². The van der Waals surface area contributed by atoms with Gasteiger partial charge in [0.25, 0.3) is 0 Å². The SMILES string of the molecule is CC/C=C\C/C=C\C/C=C\C/C=C\C/C=C\CCCC(=O)NC(COP(=O)(O)OCC[N+](C)(C)C)C(O)/C=C/CC/C=C/CCCCCCCCCCCCCCCCCC. The number of likely N-dealkylation sites (N-methyl/N-ethyl adjacent to an activating group) is 1. The molecule has 0 aromatic carbocycles. The van der Waals surface area contributed by atoms with Gasteiger partial charge in [0, 0.05) is 6.42 Å². The first kappa shape index (κ1) is 58.7. The summed E-state index contributed by atoms with van der Waals surface area (Å²) in [4.78, 5) is 23.1. The number of nitrogens with zero attached hydrogens (tertiary/aromatic N) is 1. The van der Waals surface area contributed by atoms with Crippen LogP contribution >= 0.6 is 7.82 Å². The lowest BCUT2D eigenvalue weighted by molar-refractivity contribution is -0.870. The second kappa shape index (κ2) is 43.0. The van der Waals surface area contributed by atoms with Crippen LogP contribution in [0.2, 0.25) is 0 Å². The fraction of sp³-hybridized carbons (Fsp3) is 0.712. The number of amides is 1. The van der Waals surface area contributed by atoms with Crippen molar-refractivity contribution in [2.45, 2.75) is 199 Å². The Hall–Kier alpha value is -2.32. The van der Waals surface area contributed by atoms with E-state index < -0.39 is 20.0 Å². The van der Waals surface area contributed by atoms with E-state index >= 15 is 0 Å². The van der Waals surface area contributed by atoms with Gasteiger partial charge in [0.05, 0.1) is 39.9 Å². The van der Waals surface area contributed by atoms with Gasteiger partial charge in [-0.25, -0.2) is 4.57 Å². The number of phosphoric ester groups is 1. The van der Waals surface area contributed by atoms with Crippen LogP contribution in [0.1, 0.15) is 187 Å². The Labute approximate surface area is 376 Å². The second-order valence-corrected chi connectivity index (χ2v) is 18.9. The zero-order chi connectivity index (χ0) is 45.0. The minimum atomic E-state index is -4.37. The van der Waals surface area contributed by atoms with Crippen molar-refractivity contribution in [1.29, 1.82) is 0 Å². The van der Waals surface area contributed by atoms with Crippen LogP contribution in [-0.2, 0) is 18.4 Å². The van der Waals surface area contributed by atoms with E-state index in [1.54, 1.807) is 6.08 Å². The Bertz CT molecular complexity index is 1260. The monoisotopic (exact) mass is 874 g/mol. The number of phosphoric acid groups is 1. The fourth-order valence-corrected chi connectivity index (χ4v) is 7.24. The highest BCUT2D eigenvalue weighted by atomic mass is 31.2. The molecular weight excluding hydrogens is 780 g/mol. The van der Waals surface area contributed by atoms with Crippen LogP contribution in [0.25, 0.3) is 0 Å². The summed E-state index contributed by atoms with van der Waals surface area (Å²) in [5.41, 5.74) is 0. The second-order valence-electron chi connectivity index (χ2n) is 17.4. The zero-order valence-corrected chi connectivity index (χ0v) is 40.8. The third kappa shape index (κ3) is 45.5. The lowest BCUT2D eigenvalue weighted by atomic mass is 10.0. The number of allylic oxidation sites excluding steroid dienone is 13. The van der Waals surface area contributed by atoms with E-state index in [4.69, 9.17) is 9.05 Å². The third-order valence-corrected chi connectivity index (χ3v) is 11.3. The maximum atomic E-state index is 12.9. The third-order valence-electron chi connectivity index (χ3n) is 10.3. The van der Waals surface area contributed by atoms with Crippen LogP contribution in [0.3, 0.4) is 0 Å². The average Bonchev–Trinajstić information content (AvgIpc) is 3.21. The Morgan fingerprint density at radius 3 is 1.51 bits per heavy atom. The van der Waals surface area contributed by atoms with E-state index in [-0.39, 0.29) is 25.5 Å². The largest absolute Gasteiger partial charge is 0.472 e. The molecule has 61 heavy (non-hydrogen) atoms. The van der Waals surface area contributed by atoms with Crippen LogP contribution in [0.5, 0.6) is 0 Å². The highest BCUT2D eigenvalue weighted by Gasteiger charge is 2.27. The van der Waals surface area contributed by atoms with Crippen molar-refractivity contribution in [2.24, 2.45) is 0 Å². The minimum absolute atomic E-state index is 0.0412. The standard InChI is InChI=1S/C52H93N2O6P/c1-6-8-10-12-14-16-18-20-22-24-25-26-27-28-30-31-33-35-37-39-41-43-45-51(55)50(49-60-61(57,58)59-48-47-54(3,4)5)53-52(56)46-44-42-40-38-36-34-32-29-23-21-19-17-15-13-11-9-7-2/h9,11,15,17,21,23,32,34-35,37-38,40,43,45,50-51,55H,6-8,10,12-14,16,18-20,22,24-31,33,36,39,41-42,44,46-49H2,1-5H3,(H-,53,56,57,58)/p+1/b11-9-,17-15-,23-21-,34-32-,37-35+,40-38-,45-43+. The predicted octanol–water partition coefficient (Wildman–Crippen LogP) is 14.1. The van der Waals surface area contributed by atoms with Crippen LogP contribution in [-0.4, -0.2) is 73.4 Å². The molecular formula is C52H94N2O6P+. The van der Waals surface area contributed by atoms with Crippen molar-refractivity contribution in [1.82, 2.24) is 5.32 Å². The van der Waals surface area contributed by atoms with Crippen molar-refractivity contribution < 1.29 is 32.9 Å². The van der Waals surface area contributed by atoms with Crippen molar-refractivity contribution in [3.63, 3.8) is 0 Å². The van der Waals surface area contributed by atoms with Crippen molar-refractivity contribution in [3.05, 3.63) is 85.1 Å². The quantitative estimate of drug-likeness (QED) is 0.0244. The highest BCUT2D eigenvalue weighted by molar-refractivity contribution is 7.47. The van der Waals surface area contributed by atoms with Gasteiger partial charge in [0.15, 0.2) is 0 Å². The molecule has 0 aliphatic carbocycles. The summed E-state index contributed by atoms with van der Waals surface area (Å²) < 4.78 is 23.6. The van der Waals surface area contributed by atoms with Gasteiger partial charge in [-0.2, -0.15) is 0 Å². The maximum Gasteiger partial charge on any atom is 0.472 e. The molecule has 0 saturated heterocycles. The molecule has 0 saturated carbocycles. The molecule has 0 fully saturated rings. The summed E-state index contributed by atoms with van der Waals surface area (Å²) in [6.07, 6.45) is 59.7. The summed E-state index contributed by atoms with van der Waals surface area (Å²) in [6.45, 7) is 4.63. The van der Waals surface area contributed by atoms with Gasteiger partial charge in [0.1, 0.15) is 13.2 Å². The molecule has 0 rings (SSSR count). The molecule has 0 radical (unpaired) electrons. The van der Waals surface area contributed by atoms with Gasteiger partial charge in [0.2, 0.25) is 5.91 Å². The normalized spacial score (nSPS) is 14.9. The van der Waals surface area contributed by atoms with Crippen LogP contribution in [0.4, 0.5) is 0 Å². The fourth-order valence-electron chi connectivity index (χ4n) is 6.50. The molecule has 9 heteroatoms. The van der Waals surface area contributed by atoms with E-state index in [1.807, 2.05) is 27.2 Å². The van der Waals surface area contributed by atoms with Gasteiger partial charge in [-0.15, -0.1) is 0 Å². The number of aliphatic hydroxyl groups excluding tert-OH is 1. The molecule has 0 bridgehead atoms. The van der Waals surface area contributed by atoms with Crippen LogP contribution in [0, 0.1) is 0 Å². The minimum Gasteiger partial charge on any atom is -0.387 e. The summed E-state index contributed by atoms with van der Waals surface area (Å²) in [7, 11) is 1.51. The molecule has 352 valence electrons. The number of carbonyl (C=O) groups excluding carboxylic acids is 1. The van der Waals surface area contributed by atoms with Gasteiger partial charge in [-0.1, -0.05) is 195 Å². The number of hydrogen-bond acceptors (Lipinski definition) is 5. The van der Waals surface area contributed by atoms with Crippen molar-refractivity contribution in [3.8, 4) is 0 Å². The van der Waals surface area contributed by atoms with E-state index in [2.05, 4.69) is 92.1 Å². The van der Waals surface area contributed by atoms with Gasteiger partial charge < -0.3 is 19.8 Å². The molecule has 8 nitrogen and oxygen atoms in total. The van der Waals surface area contributed by atoms with E-state index in [0.29, 0.717) is 17.4 Å². The Morgan fingerprint density at radius 2 is 1.00 bits per heavy atom. The van der Waals surface area contributed by atoms with Crippen LogP contribution < -0.4 is 5.32 Å². The number of aliphatic hydroxyl groups is 1. The molecule has 0 aromatic rings. The summed E-state index contributed by atoms with van der Waals surface area (Å²) in [5.74, 6) is -0.246. The van der Waals surface area contributed by atoms with Gasteiger partial charge in [-0.3, -0.25) is 13.8 Å². The Kier molecular flexibility index (Phi) is 41.3. The zero-order valence-electron chi connectivity index (χ0n) is 39.9. The van der Waals surface area contributed by atoms with Gasteiger partial charge >= 0.3 is 7.82 Å². The van der Waals surface area contributed by atoms with E-state index in [1.165, 1.54) is 103 Å². The number of rotatable bonds is 43. The highest BCUT2D eigenvalue weighted by Crippen LogP contribution is 2.43. The molecule has 0 heterocycles. The molecule has 0 aliphatic rings. The number of unbranched alkanes of at least 4 members (excludes halogenated alkanes) is 18. The predicted molar refractivity (Wildman–Crippen MR) is 263 cm³/mol. The lowest BCUT2D eigenvalue weighted by Gasteiger charge is -2.25. The molecule has 3 N–H and O–H groups in total. The lowest BCUT2D eigenvalue weighted by Crippen LogP contribution is -2.45. The summed E-state index contributed by atoms with van der Waals surface area (Å²) in [5, 5.41) is 13.8. The molecule has 0 aliphatic heterocycles. The van der Waals surface area contributed by atoms with Crippen LogP contribution in [0.15, 0.2) is 85.1 Å². The molecule has 3 unspecified atom stereocenters. The first-order chi connectivity index (χ1) is 29.5. The number of quaternary nitrogens is 1. The topological polar surface area (TPSA) is 105 Å². The van der Waals surface area contributed by atoms with Crippen molar-refractivity contribution in [2.75, 3.05) is 40.9 Å². The summed E-state index contributed by atoms with van der Waals surface area (Å²) in [6, 6.07) is -0.898. The first-order valence-corrected chi connectivity index (χ1v) is 26.0. The summed E-state index contributed by atoms with van der Waals surface area (Å²) >= 11 is 0. The maximum absolute atomic E-state index is 12.9. The molecule has 0 aromatic heterocycles.